The number of fused-ring (bicyclic) bond motifs is 1. The van der Waals surface area contributed by atoms with Crippen LogP contribution in [-0.4, -0.2) is 9.38 Å². The Bertz CT molecular complexity index is 705. The molecule has 0 radical (unpaired) electrons. The minimum Gasteiger partial charge on any atom is -0.305 e. The smallest absolute Gasteiger partial charge is 0.137 e. The molecule has 1 aromatic carbocycles. The third-order valence-corrected chi connectivity index (χ3v) is 2.65. The summed E-state index contributed by atoms with van der Waals surface area (Å²) in [6, 6.07) is 15.7. The molecule has 0 N–H and O–H groups in total. The van der Waals surface area contributed by atoms with Crippen LogP contribution in [0.5, 0.6) is 0 Å². The first-order chi connectivity index (χ1) is 8.36. The molecule has 0 spiro atoms. The van der Waals surface area contributed by atoms with Gasteiger partial charge in [0.25, 0.3) is 0 Å². The second kappa shape index (κ2) is 3.76. The van der Waals surface area contributed by atoms with Crippen LogP contribution in [0.25, 0.3) is 16.9 Å². The molecule has 3 aromatic rings. The predicted molar refractivity (Wildman–Crippen MR) is 65.3 cm³/mol. The van der Waals surface area contributed by atoms with Crippen LogP contribution in [0.3, 0.4) is 0 Å². The van der Waals surface area contributed by atoms with Gasteiger partial charge < -0.3 is 4.40 Å². The van der Waals surface area contributed by atoms with Gasteiger partial charge in [-0.05, 0) is 12.1 Å². The average molecular weight is 219 g/mol. The predicted octanol–water partition coefficient (Wildman–Crippen LogP) is 2.87. The number of imidazole rings is 1. The molecule has 0 fully saturated rings. The minimum absolute atomic E-state index is 0.634. The molecule has 0 amide bonds. The first-order valence-corrected chi connectivity index (χ1v) is 5.31. The van der Waals surface area contributed by atoms with Gasteiger partial charge in [0.05, 0.1) is 11.3 Å². The molecule has 0 saturated heterocycles. The van der Waals surface area contributed by atoms with E-state index in [-0.39, 0.29) is 0 Å². The zero-order valence-electron chi connectivity index (χ0n) is 9.04. The van der Waals surface area contributed by atoms with Crippen LogP contribution >= 0.6 is 0 Å². The number of rotatable bonds is 1. The fourth-order valence-electron chi connectivity index (χ4n) is 1.81. The Balaban J connectivity index is 2.18. The van der Waals surface area contributed by atoms with Crippen LogP contribution < -0.4 is 0 Å². The van der Waals surface area contributed by atoms with Crippen molar-refractivity contribution in [1.82, 2.24) is 9.38 Å². The van der Waals surface area contributed by atoms with E-state index in [1.807, 2.05) is 47.0 Å². The molecule has 0 atom stereocenters. The lowest BCUT2D eigenvalue weighted by atomic mass is 10.2. The van der Waals surface area contributed by atoms with Crippen molar-refractivity contribution in [3.63, 3.8) is 0 Å². The summed E-state index contributed by atoms with van der Waals surface area (Å²) in [4.78, 5) is 4.51. The van der Waals surface area contributed by atoms with Gasteiger partial charge in [0.1, 0.15) is 11.7 Å². The van der Waals surface area contributed by atoms with Gasteiger partial charge in [-0.1, -0.05) is 30.3 Å². The highest BCUT2D eigenvalue weighted by molar-refractivity contribution is 5.62. The van der Waals surface area contributed by atoms with E-state index in [1.54, 1.807) is 12.3 Å². The number of nitriles is 1. The molecule has 0 aliphatic carbocycles. The number of aromatic nitrogens is 2. The number of hydrogen-bond acceptors (Lipinski definition) is 2. The van der Waals surface area contributed by atoms with Gasteiger partial charge in [-0.2, -0.15) is 5.26 Å². The molecule has 0 bridgehead atoms. The second-order valence-corrected chi connectivity index (χ2v) is 3.79. The van der Waals surface area contributed by atoms with Gasteiger partial charge in [0.2, 0.25) is 0 Å². The summed E-state index contributed by atoms with van der Waals surface area (Å²) >= 11 is 0. The first-order valence-electron chi connectivity index (χ1n) is 5.31. The van der Waals surface area contributed by atoms with Crippen molar-refractivity contribution in [2.75, 3.05) is 0 Å². The number of pyridine rings is 1. The van der Waals surface area contributed by atoms with Crippen molar-refractivity contribution in [2.45, 2.75) is 0 Å². The van der Waals surface area contributed by atoms with Crippen LogP contribution in [0, 0.1) is 11.3 Å². The van der Waals surface area contributed by atoms with Crippen molar-refractivity contribution in [1.29, 1.82) is 5.26 Å². The molecule has 3 rings (SSSR count). The molecule has 2 heterocycles. The SMILES string of the molecule is N#Cc1ccc2nc(-c3ccccc3)cn2c1. The highest BCUT2D eigenvalue weighted by Gasteiger charge is 2.03. The highest BCUT2D eigenvalue weighted by Crippen LogP contribution is 2.18. The van der Waals surface area contributed by atoms with E-state index in [1.165, 1.54) is 0 Å². The van der Waals surface area contributed by atoms with E-state index in [2.05, 4.69) is 11.1 Å². The Labute approximate surface area is 98.6 Å². The lowest BCUT2D eigenvalue weighted by molar-refractivity contribution is 1.17. The van der Waals surface area contributed by atoms with E-state index < -0.39 is 0 Å². The second-order valence-electron chi connectivity index (χ2n) is 3.79. The number of hydrogen-bond donors (Lipinski definition) is 0. The highest BCUT2D eigenvalue weighted by atomic mass is 15.0. The van der Waals surface area contributed by atoms with Gasteiger partial charge in [-0.25, -0.2) is 4.98 Å². The Morgan fingerprint density at radius 3 is 2.59 bits per heavy atom. The monoisotopic (exact) mass is 219 g/mol. The van der Waals surface area contributed by atoms with Gasteiger partial charge in [0, 0.05) is 18.0 Å². The molecular weight excluding hydrogens is 210 g/mol. The maximum Gasteiger partial charge on any atom is 0.137 e. The molecule has 0 saturated carbocycles. The molecule has 0 unspecified atom stereocenters. The van der Waals surface area contributed by atoms with Crippen LogP contribution in [0.2, 0.25) is 0 Å². The Kier molecular flexibility index (Phi) is 2.13. The zero-order chi connectivity index (χ0) is 11.7. The van der Waals surface area contributed by atoms with Crippen molar-refractivity contribution in [3.05, 3.63) is 60.4 Å². The van der Waals surface area contributed by atoms with E-state index in [4.69, 9.17) is 5.26 Å². The van der Waals surface area contributed by atoms with Crippen LogP contribution in [0.15, 0.2) is 54.9 Å². The van der Waals surface area contributed by atoms with E-state index in [9.17, 15) is 0 Å². The van der Waals surface area contributed by atoms with E-state index >= 15 is 0 Å². The molecular formula is C14H9N3. The summed E-state index contributed by atoms with van der Waals surface area (Å²) in [6.07, 6.45) is 3.72. The molecule has 2 aromatic heterocycles. The average Bonchev–Trinajstić information content (AvgIpc) is 2.82. The lowest BCUT2D eigenvalue weighted by Gasteiger charge is -1.92. The molecule has 17 heavy (non-hydrogen) atoms. The first kappa shape index (κ1) is 9.61. The summed E-state index contributed by atoms with van der Waals surface area (Å²) in [5, 5.41) is 8.84. The fraction of sp³-hybridized carbons (Fsp3) is 0. The summed E-state index contributed by atoms with van der Waals surface area (Å²) in [7, 11) is 0. The van der Waals surface area contributed by atoms with Crippen LogP contribution in [-0.2, 0) is 0 Å². The maximum atomic E-state index is 8.84. The maximum absolute atomic E-state index is 8.84. The topological polar surface area (TPSA) is 41.1 Å². The number of benzene rings is 1. The summed E-state index contributed by atoms with van der Waals surface area (Å²) in [5.74, 6) is 0. The standard InChI is InChI=1S/C14H9N3/c15-8-11-6-7-14-16-13(10-17(14)9-11)12-4-2-1-3-5-12/h1-7,9-10H. The van der Waals surface area contributed by atoms with Crippen molar-refractivity contribution >= 4 is 5.65 Å². The third-order valence-electron chi connectivity index (χ3n) is 2.65. The molecule has 3 heteroatoms. The quantitative estimate of drug-likeness (QED) is 0.631. The fourth-order valence-corrected chi connectivity index (χ4v) is 1.81. The molecule has 0 aliphatic rings. The van der Waals surface area contributed by atoms with Gasteiger partial charge in [0.15, 0.2) is 0 Å². The van der Waals surface area contributed by atoms with Crippen molar-refractivity contribution in [2.24, 2.45) is 0 Å². The Morgan fingerprint density at radius 1 is 1.00 bits per heavy atom. The zero-order valence-corrected chi connectivity index (χ0v) is 9.04. The molecule has 3 nitrogen and oxygen atoms in total. The minimum atomic E-state index is 0.634. The Morgan fingerprint density at radius 2 is 1.82 bits per heavy atom. The van der Waals surface area contributed by atoms with Crippen molar-refractivity contribution < 1.29 is 0 Å². The van der Waals surface area contributed by atoms with Crippen molar-refractivity contribution in [3.8, 4) is 17.3 Å². The largest absolute Gasteiger partial charge is 0.305 e. The summed E-state index contributed by atoms with van der Waals surface area (Å²) < 4.78 is 1.88. The Hall–Kier alpha value is -2.60. The lowest BCUT2D eigenvalue weighted by Crippen LogP contribution is -1.83. The molecule has 80 valence electrons. The normalized spacial score (nSPS) is 10.3. The third kappa shape index (κ3) is 1.66. The van der Waals surface area contributed by atoms with E-state index in [0.29, 0.717) is 5.56 Å². The van der Waals surface area contributed by atoms with E-state index in [0.717, 1.165) is 16.9 Å². The number of nitrogens with zero attached hydrogens (tertiary/aromatic N) is 3. The van der Waals surface area contributed by atoms with Crippen LogP contribution in [0.4, 0.5) is 0 Å². The van der Waals surface area contributed by atoms with Gasteiger partial charge >= 0.3 is 0 Å². The van der Waals surface area contributed by atoms with Gasteiger partial charge in [-0.3, -0.25) is 0 Å². The summed E-state index contributed by atoms with van der Waals surface area (Å²) in [6.45, 7) is 0. The molecule has 0 aliphatic heterocycles. The van der Waals surface area contributed by atoms with Crippen LogP contribution in [0.1, 0.15) is 5.56 Å². The van der Waals surface area contributed by atoms with Gasteiger partial charge in [-0.15, -0.1) is 0 Å². The summed E-state index contributed by atoms with van der Waals surface area (Å²) in [5.41, 5.74) is 3.48.